The van der Waals surface area contributed by atoms with Crippen LogP contribution in [0.4, 0.5) is 5.69 Å². The number of aliphatic hydroxyl groups is 1. The van der Waals surface area contributed by atoms with Crippen LogP contribution in [-0.2, 0) is 17.8 Å². The minimum absolute atomic E-state index is 0.0379. The van der Waals surface area contributed by atoms with Crippen molar-refractivity contribution >= 4 is 22.5 Å². The number of fused-ring (bicyclic) bond motifs is 2. The molecule has 3 aromatic rings. The molecule has 5 rings (SSSR count). The van der Waals surface area contributed by atoms with E-state index in [2.05, 4.69) is 39.5 Å². The maximum atomic E-state index is 11.6. The molecular weight excluding hydrogens is 378 g/mol. The molecule has 30 heavy (non-hydrogen) atoms. The zero-order chi connectivity index (χ0) is 20.5. The van der Waals surface area contributed by atoms with E-state index in [1.807, 2.05) is 30.5 Å². The average Bonchev–Trinajstić information content (AvgIpc) is 2.76. The van der Waals surface area contributed by atoms with Crippen LogP contribution in [0.5, 0.6) is 5.75 Å². The Labute approximate surface area is 175 Å². The van der Waals surface area contributed by atoms with Gasteiger partial charge in [-0.15, -0.1) is 0 Å². The number of piperidine rings is 1. The second-order valence-corrected chi connectivity index (χ2v) is 8.11. The molecule has 6 heteroatoms. The summed E-state index contributed by atoms with van der Waals surface area (Å²) in [5.74, 6) is 0.725. The Hall–Kier alpha value is -2.96. The molecule has 2 aliphatic rings. The van der Waals surface area contributed by atoms with Crippen molar-refractivity contribution in [3.63, 3.8) is 0 Å². The molecule has 1 amide bonds. The molecule has 1 aromatic heterocycles. The van der Waals surface area contributed by atoms with Gasteiger partial charge in [0.05, 0.1) is 5.52 Å². The van der Waals surface area contributed by atoms with E-state index >= 15 is 0 Å². The summed E-state index contributed by atoms with van der Waals surface area (Å²) in [6, 6.07) is 16.0. The Morgan fingerprint density at radius 3 is 2.97 bits per heavy atom. The Kier molecular flexibility index (Phi) is 5.11. The smallest absolute Gasteiger partial charge is 0.224 e. The van der Waals surface area contributed by atoms with E-state index in [9.17, 15) is 9.90 Å². The van der Waals surface area contributed by atoms with E-state index < -0.39 is 6.10 Å². The van der Waals surface area contributed by atoms with Gasteiger partial charge in [0.2, 0.25) is 5.91 Å². The van der Waals surface area contributed by atoms with E-state index in [-0.39, 0.29) is 12.0 Å². The van der Waals surface area contributed by atoms with Crippen molar-refractivity contribution in [3.8, 4) is 5.75 Å². The molecule has 0 spiro atoms. The standard InChI is InChI=1S/C24H25N3O3/c28-21-15-27(14-18-4-1-3-17-5-2-11-25-24(17)18)12-10-22(21)30-19-8-6-16-7-9-23(29)26-20(16)13-19/h1-6,8,11,13,21-22,28H,7,9-10,12,14-15H2,(H,26,29)/t21-,22-/m1/s1. The molecule has 3 heterocycles. The highest BCUT2D eigenvalue weighted by molar-refractivity contribution is 5.94. The number of likely N-dealkylation sites (tertiary alicyclic amines) is 1. The Morgan fingerprint density at radius 2 is 2.07 bits per heavy atom. The molecule has 0 radical (unpaired) electrons. The van der Waals surface area contributed by atoms with E-state index in [1.54, 1.807) is 0 Å². The molecule has 2 N–H and O–H groups in total. The van der Waals surface area contributed by atoms with Gasteiger partial charge >= 0.3 is 0 Å². The number of carbonyl (C=O) groups is 1. The second-order valence-electron chi connectivity index (χ2n) is 8.11. The van der Waals surface area contributed by atoms with Gasteiger partial charge in [0.1, 0.15) is 18.0 Å². The predicted molar refractivity (Wildman–Crippen MR) is 115 cm³/mol. The van der Waals surface area contributed by atoms with Gasteiger partial charge in [0.25, 0.3) is 0 Å². The van der Waals surface area contributed by atoms with E-state index in [0.717, 1.165) is 48.1 Å². The van der Waals surface area contributed by atoms with Gasteiger partial charge in [-0.05, 0) is 36.1 Å². The highest BCUT2D eigenvalue weighted by Gasteiger charge is 2.30. The number of ether oxygens (including phenoxy) is 1. The van der Waals surface area contributed by atoms with Crippen molar-refractivity contribution in [2.24, 2.45) is 0 Å². The lowest BCUT2D eigenvalue weighted by molar-refractivity contribution is -0.116. The molecule has 0 aliphatic carbocycles. The Morgan fingerprint density at radius 1 is 1.17 bits per heavy atom. The number of pyridine rings is 1. The quantitative estimate of drug-likeness (QED) is 0.700. The molecule has 0 saturated carbocycles. The summed E-state index contributed by atoms with van der Waals surface area (Å²) in [6.45, 7) is 2.14. The summed E-state index contributed by atoms with van der Waals surface area (Å²) < 4.78 is 6.10. The largest absolute Gasteiger partial charge is 0.488 e. The van der Waals surface area contributed by atoms with Gasteiger partial charge in [0, 0.05) is 49.4 Å². The van der Waals surface area contributed by atoms with E-state index in [4.69, 9.17) is 4.74 Å². The van der Waals surface area contributed by atoms with E-state index in [1.165, 1.54) is 5.56 Å². The topological polar surface area (TPSA) is 74.7 Å². The summed E-state index contributed by atoms with van der Waals surface area (Å²) in [5, 5.41) is 14.8. The zero-order valence-corrected chi connectivity index (χ0v) is 16.8. The van der Waals surface area contributed by atoms with Crippen LogP contribution in [0.15, 0.2) is 54.7 Å². The van der Waals surface area contributed by atoms with Crippen LogP contribution >= 0.6 is 0 Å². The lowest BCUT2D eigenvalue weighted by Gasteiger charge is -2.36. The number of hydrogen-bond donors (Lipinski definition) is 2. The number of aromatic nitrogens is 1. The van der Waals surface area contributed by atoms with Crippen molar-refractivity contribution in [2.75, 3.05) is 18.4 Å². The third kappa shape index (κ3) is 3.88. The molecule has 154 valence electrons. The number of hydrogen-bond acceptors (Lipinski definition) is 5. The van der Waals surface area contributed by atoms with Crippen molar-refractivity contribution in [2.45, 2.75) is 38.0 Å². The number of rotatable bonds is 4. The Balaban J connectivity index is 1.24. The van der Waals surface area contributed by atoms with Crippen LogP contribution in [0.1, 0.15) is 24.0 Å². The number of aryl methyl sites for hydroxylation is 1. The van der Waals surface area contributed by atoms with Crippen LogP contribution < -0.4 is 10.1 Å². The number of amides is 1. The summed E-state index contributed by atoms with van der Waals surface area (Å²) in [7, 11) is 0. The third-order valence-corrected chi connectivity index (χ3v) is 5.98. The van der Waals surface area contributed by atoms with E-state index in [0.29, 0.717) is 18.7 Å². The molecule has 1 saturated heterocycles. The first-order valence-corrected chi connectivity index (χ1v) is 10.5. The minimum atomic E-state index is -0.577. The SMILES string of the molecule is O=C1CCc2ccc(O[C@@H]3CCN(Cc4cccc5cccnc45)C[C@H]3O)cc2N1. The number of nitrogens with zero attached hydrogens (tertiary/aromatic N) is 2. The molecule has 2 aromatic carbocycles. The summed E-state index contributed by atoms with van der Waals surface area (Å²) in [6.07, 6.45) is 3.00. The molecule has 2 atom stereocenters. The zero-order valence-electron chi connectivity index (χ0n) is 16.8. The first kappa shape index (κ1) is 19.0. The number of aliphatic hydroxyl groups excluding tert-OH is 1. The highest BCUT2D eigenvalue weighted by atomic mass is 16.5. The molecule has 1 fully saturated rings. The van der Waals surface area contributed by atoms with Gasteiger partial charge in [-0.3, -0.25) is 14.7 Å². The van der Waals surface area contributed by atoms with Crippen molar-refractivity contribution in [1.82, 2.24) is 9.88 Å². The first-order valence-electron chi connectivity index (χ1n) is 10.5. The Bertz CT molecular complexity index is 1080. The van der Waals surface area contributed by atoms with Gasteiger partial charge in [-0.1, -0.05) is 30.3 Å². The summed E-state index contributed by atoms with van der Waals surface area (Å²) in [4.78, 5) is 18.4. The van der Waals surface area contributed by atoms with Gasteiger partial charge in [-0.25, -0.2) is 0 Å². The molecular formula is C24H25N3O3. The number of anilines is 1. The fourth-order valence-electron chi connectivity index (χ4n) is 4.39. The van der Waals surface area contributed by atoms with Crippen LogP contribution in [0, 0.1) is 0 Å². The first-order chi connectivity index (χ1) is 14.7. The fourth-order valence-corrected chi connectivity index (χ4v) is 4.39. The fraction of sp³-hybridized carbons (Fsp3) is 0.333. The van der Waals surface area contributed by atoms with Crippen molar-refractivity contribution in [3.05, 3.63) is 65.9 Å². The van der Waals surface area contributed by atoms with Crippen LogP contribution in [0.25, 0.3) is 10.9 Å². The maximum absolute atomic E-state index is 11.6. The maximum Gasteiger partial charge on any atom is 0.224 e. The summed E-state index contributed by atoms with van der Waals surface area (Å²) in [5.41, 5.74) is 4.13. The highest BCUT2D eigenvalue weighted by Crippen LogP contribution is 2.29. The van der Waals surface area contributed by atoms with Crippen LogP contribution in [0.3, 0.4) is 0 Å². The molecule has 0 bridgehead atoms. The number of carbonyl (C=O) groups excluding carboxylic acids is 1. The number of β-amino-alcohol motifs (C(OH)–C–C–N with tert-alkyl or cyclic N) is 1. The van der Waals surface area contributed by atoms with Crippen molar-refractivity contribution in [1.29, 1.82) is 0 Å². The van der Waals surface area contributed by atoms with Gasteiger partial charge in [-0.2, -0.15) is 0 Å². The number of nitrogens with one attached hydrogen (secondary N) is 1. The normalized spacial score (nSPS) is 21.8. The lowest BCUT2D eigenvalue weighted by atomic mass is 10.0. The van der Waals surface area contributed by atoms with Crippen LogP contribution in [0.2, 0.25) is 0 Å². The molecule has 0 unspecified atom stereocenters. The van der Waals surface area contributed by atoms with Crippen molar-refractivity contribution < 1.29 is 14.6 Å². The number of para-hydroxylation sites is 1. The molecule has 2 aliphatic heterocycles. The lowest BCUT2D eigenvalue weighted by Crippen LogP contribution is -2.48. The van der Waals surface area contributed by atoms with Gasteiger partial charge in [0.15, 0.2) is 0 Å². The van der Waals surface area contributed by atoms with Crippen LogP contribution in [-0.4, -0.2) is 46.2 Å². The predicted octanol–water partition coefficient (Wildman–Crippen LogP) is 3.13. The third-order valence-electron chi connectivity index (χ3n) is 5.98. The van der Waals surface area contributed by atoms with Gasteiger partial charge < -0.3 is 15.2 Å². The monoisotopic (exact) mass is 403 g/mol. The number of benzene rings is 2. The average molecular weight is 403 g/mol. The second kappa shape index (κ2) is 8.05. The molecule has 6 nitrogen and oxygen atoms in total. The minimum Gasteiger partial charge on any atom is -0.488 e. The summed E-state index contributed by atoms with van der Waals surface area (Å²) >= 11 is 0.